The maximum atomic E-state index is 13.1. The summed E-state index contributed by atoms with van der Waals surface area (Å²) < 4.78 is 33.8. The van der Waals surface area contributed by atoms with Crippen molar-refractivity contribution in [1.82, 2.24) is 14.7 Å². The van der Waals surface area contributed by atoms with Gasteiger partial charge in [0.25, 0.3) is 12.3 Å². The lowest BCUT2D eigenvalue weighted by Crippen LogP contribution is -2.40. The summed E-state index contributed by atoms with van der Waals surface area (Å²) in [5, 5.41) is 3.03. The standard InChI is InChI=1S/C20H27F2N3O2/c1-12-11-16(17(21)22)24-18-15(9-10-25(12)18)19(26)23-13-5-7-14(8-6-13)27-20(2,3)4/h9-11,13-14,17H,5-8H2,1-4H3,(H,23,26). The van der Waals surface area contributed by atoms with E-state index >= 15 is 0 Å². The van der Waals surface area contributed by atoms with Gasteiger partial charge in [0.05, 0.1) is 17.3 Å². The molecule has 0 saturated heterocycles. The van der Waals surface area contributed by atoms with Gasteiger partial charge in [0.15, 0.2) is 0 Å². The molecule has 1 aliphatic rings. The number of alkyl halides is 2. The first-order valence-corrected chi connectivity index (χ1v) is 9.39. The number of aryl methyl sites for hydroxylation is 1. The molecule has 1 aliphatic carbocycles. The number of hydrogen-bond acceptors (Lipinski definition) is 3. The largest absolute Gasteiger partial charge is 0.373 e. The Balaban J connectivity index is 1.69. The number of aromatic nitrogens is 2. The van der Waals surface area contributed by atoms with Crippen molar-refractivity contribution in [3.8, 4) is 0 Å². The van der Waals surface area contributed by atoms with Gasteiger partial charge in [0.1, 0.15) is 11.3 Å². The molecule has 1 fully saturated rings. The highest BCUT2D eigenvalue weighted by Gasteiger charge is 2.27. The van der Waals surface area contributed by atoms with Crippen LogP contribution in [0.15, 0.2) is 18.3 Å². The first-order chi connectivity index (χ1) is 12.6. The van der Waals surface area contributed by atoms with E-state index in [2.05, 4.69) is 10.3 Å². The Morgan fingerprint density at radius 2 is 1.96 bits per heavy atom. The Morgan fingerprint density at radius 3 is 2.56 bits per heavy atom. The second-order valence-corrected chi connectivity index (χ2v) is 8.22. The van der Waals surface area contributed by atoms with Gasteiger partial charge < -0.3 is 14.5 Å². The zero-order valence-corrected chi connectivity index (χ0v) is 16.3. The number of amides is 1. The number of ether oxygens (including phenoxy) is 1. The molecule has 3 rings (SSSR count). The summed E-state index contributed by atoms with van der Waals surface area (Å²) >= 11 is 0. The average molecular weight is 379 g/mol. The number of carbonyl (C=O) groups is 1. The fourth-order valence-electron chi connectivity index (χ4n) is 3.64. The van der Waals surface area contributed by atoms with E-state index in [9.17, 15) is 13.6 Å². The lowest BCUT2D eigenvalue weighted by atomic mass is 9.92. The molecular weight excluding hydrogens is 352 g/mol. The Kier molecular flexibility index (Phi) is 5.51. The second kappa shape index (κ2) is 7.54. The van der Waals surface area contributed by atoms with Gasteiger partial charge in [-0.05, 0) is 65.5 Å². The lowest BCUT2D eigenvalue weighted by molar-refractivity contribution is -0.0757. The van der Waals surface area contributed by atoms with Crippen LogP contribution in [-0.2, 0) is 4.74 Å². The van der Waals surface area contributed by atoms with Crippen LogP contribution < -0.4 is 5.32 Å². The molecule has 0 bridgehead atoms. The summed E-state index contributed by atoms with van der Waals surface area (Å²) in [4.78, 5) is 16.7. The average Bonchev–Trinajstić information content (AvgIpc) is 3.00. The fraction of sp³-hybridized carbons (Fsp3) is 0.600. The van der Waals surface area contributed by atoms with Crippen molar-refractivity contribution in [2.45, 2.75) is 77.6 Å². The van der Waals surface area contributed by atoms with E-state index in [0.29, 0.717) is 11.3 Å². The van der Waals surface area contributed by atoms with Crippen LogP contribution in [0.1, 0.15) is 74.6 Å². The topological polar surface area (TPSA) is 55.6 Å². The van der Waals surface area contributed by atoms with Crippen molar-refractivity contribution in [2.75, 3.05) is 0 Å². The zero-order chi connectivity index (χ0) is 19.8. The zero-order valence-electron chi connectivity index (χ0n) is 16.3. The molecule has 0 radical (unpaired) electrons. The summed E-state index contributed by atoms with van der Waals surface area (Å²) in [5.74, 6) is -0.268. The maximum Gasteiger partial charge on any atom is 0.280 e. The smallest absolute Gasteiger partial charge is 0.280 e. The Hall–Kier alpha value is -2.02. The lowest BCUT2D eigenvalue weighted by Gasteiger charge is -2.33. The normalized spacial score (nSPS) is 21.0. The van der Waals surface area contributed by atoms with Crippen LogP contribution in [0.2, 0.25) is 0 Å². The van der Waals surface area contributed by atoms with Gasteiger partial charge in [-0.1, -0.05) is 0 Å². The monoisotopic (exact) mass is 379 g/mol. The number of rotatable bonds is 4. The molecule has 0 atom stereocenters. The number of nitrogens with zero attached hydrogens (tertiary/aromatic N) is 2. The molecule has 0 unspecified atom stereocenters. The van der Waals surface area contributed by atoms with E-state index in [4.69, 9.17) is 4.74 Å². The predicted molar refractivity (Wildman–Crippen MR) is 99.2 cm³/mol. The fourth-order valence-corrected chi connectivity index (χ4v) is 3.64. The second-order valence-electron chi connectivity index (χ2n) is 8.22. The van der Waals surface area contributed by atoms with Crippen LogP contribution in [0.25, 0.3) is 5.65 Å². The number of halogens is 2. The van der Waals surface area contributed by atoms with E-state index in [1.807, 2.05) is 20.8 Å². The molecule has 0 spiro atoms. The molecule has 27 heavy (non-hydrogen) atoms. The van der Waals surface area contributed by atoms with Gasteiger partial charge in [0.2, 0.25) is 0 Å². The molecule has 2 aromatic heterocycles. The molecule has 1 saturated carbocycles. The van der Waals surface area contributed by atoms with Crippen molar-refractivity contribution < 1.29 is 18.3 Å². The summed E-state index contributed by atoms with van der Waals surface area (Å²) in [6.45, 7) is 7.85. The highest BCUT2D eigenvalue weighted by atomic mass is 19.3. The number of nitrogens with one attached hydrogen (secondary N) is 1. The van der Waals surface area contributed by atoms with Crippen LogP contribution in [0.5, 0.6) is 0 Å². The van der Waals surface area contributed by atoms with E-state index < -0.39 is 6.43 Å². The third-order valence-corrected chi connectivity index (χ3v) is 4.83. The Morgan fingerprint density at radius 1 is 1.30 bits per heavy atom. The molecule has 5 nitrogen and oxygen atoms in total. The SMILES string of the molecule is Cc1cc(C(F)F)nc2c(C(=O)NC3CCC(OC(C)(C)C)CC3)ccn12. The van der Waals surface area contributed by atoms with Gasteiger partial charge in [-0.3, -0.25) is 4.79 Å². The number of carbonyl (C=O) groups excluding carboxylic acids is 1. The van der Waals surface area contributed by atoms with Crippen molar-refractivity contribution in [3.63, 3.8) is 0 Å². The summed E-state index contributed by atoms with van der Waals surface area (Å²) in [6.07, 6.45) is 2.71. The predicted octanol–water partition coefficient (Wildman–Crippen LogP) is 4.44. The van der Waals surface area contributed by atoms with Crippen molar-refractivity contribution in [3.05, 3.63) is 35.3 Å². The molecule has 1 amide bonds. The van der Waals surface area contributed by atoms with Crippen LogP contribution in [0.4, 0.5) is 8.78 Å². The van der Waals surface area contributed by atoms with Crippen molar-refractivity contribution in [2.24, 2.45) is 0 Å². The minimum absolute atomic E-state index is 0.0617. The highest BCUT2D eigenvalue weighted by molar-refractivity contribution is 6.00. The molecular formula is C20H27F2N3O2. The Labute approximate surface area is 158 Å². The third kappa shape index (κ3) is 4.64. The molecule has 2 aromatic rings. The van der Waals surface area contributed by atoms with Crippen LogP contribution in [-0.4, -0.2) is 33.0 Å². The Bertz CT molecular complexity index is 818. The molecule has 1 N–H and O–H groups in total. The van der Waals surface area contributed by atoms with E-state index in [1.165, 1.54) is 6.07 Å². The summed E-state index contributed by atoms with van der Waals surface area (Å²) in [6, 6.07) is 3.04. The van der Waals surface area contributed by atoms with Gasteiger partial charge in [-0.25, -0.2) is 13.8 Å². The number of fused-ring (bicyclic) bond motifs is 1. The summed E-state index contributed by atoms with van der Waals surface area (Å²) in [5.41, 5.74) is 0.737. The van der Waals surface area contributed by atoms with Crippen molar-refractivity contribution >= 4 is 11.6 Å². The van der Waals surface area contributed by atoms with Gasteiger partial charge in [-0.15, -0.1) is 0 Å². The minimum Gasteiger partial charge on any atom is -0.373 e. The molecule has 2 heterocycles. The van der Waals surface area contributed by atoms with E-state index in [-0.39, 0.29) is 35.0 Å². The van der Waals surface area contributed by atoms with Crippen molar-refractivity contribution in [1.29, 1.82) is 0 Å². The minimum atomic E-state index is -2.67. The first-order valence-electron chi connectivity index (χ1n) is 9.39. The molecule has 7 heteroatoms. The highest BCUT2D eigenvalue weighted by Crippen LogP contribution is 2.26. The molecule has 0 aromatic carbocycles. The quantitative estimate of drug-likeness (QED) is 0.855. The van der Waals surface area contributed by atoms with Crippen LogP contribution >= 0.6 is 0 Å². The first kappa shape index (κ1) is 19.7. The van der Waals surface area contributed by atoms with E-state index in [1.54, 1.807) is 23.6 Å². The van der Waals surface area contributed by atoms with Gasteiger partial charge in [0, 0.05) is 17.9 Å². The summed E-state index contributed by atoms with van der Waals surface area (Å²) in [7, 11) is 0. The molecule has 0 aliphatic heterocycles. The maximum absolute atomic E-state index is 13.1. The number of hydrogen-bond donors (Lipinski definition) is 1. The van der Waals surface area contributed by atoms with Gasteiger partial charge in [-0.2, -0.15) is 0 Å². The molecule has 148 valence electrons. The van der Waals surface area contributed by atoms with Crippen LogP contribution in [0.3, 0.4) is 0 Å². The van der Waals surface area contributed by atoms with E-state index in [0.717, 1.165) is 25.7 Å². The van der Waals surface area contributed by atoms with Crippen LogP contribution in [0, 0.1) is 6.92 Å². The third-order valence-electron chi connectivity index (χ3n) is 4.83. The van der Waals surface area contributed by atoms with Gasteiger partial charge >= 0.3 is 0 Å².